The van der Waals surface area contributed by atoms with E-state index in [4.69, 9.17) is 9.47 Å². The summed E-state index contributed by atoms with van der Waals surface area (Å²) in [6.45, 7) is 4.83. The highest BCUT2D eigenvalue weighted by atomic mass is 16.5. The Balaban J connectivity index is 2.10. The number of rotatable bonds is 4. The van der Waals surface area contributed by atoms with Crippen molar-refractivity contribution in [1.82, 2.24) is 9.80 Å². The van der Waals surface area contributed by atoms with Crippen molar-refractivity contribution in [3.05, 3.63) is 29.8 Å². The Morgan fingerprint density at radius 3 is 2.74 bits per heavy atom. The number of hydrogen-bond acceptors (Lipinski definition) is 4. The van der Waals surface area contributed by atoms with E-state index in [9.17, 15) is 9.59 Å². The second kappa shape index (κ2) is 7.00. The molecule has 0 saturated carbocycles. The summed E-state index contributed by atoms with van der Waals surface area (Å²) in [5, 5.41) is 0. The molecule has 1 aromatic rings. The maximum Gasteiger partial charge on any atom is 0.256 e. The molecule has 0 unspecified atom stereocenters. The van der Waals surface area contributed by atoms with Crippen LogP contribution in [0.2, 0.25) is 0 Å². The molecule has 6 heteroatoms. The van der Waals surface area contributed by atoms with Gasteiger partial charge < -0.3 is 19.3 Å². The second-order valence-corrected chi connectivity index (χ2v) is 5.99. The van der Waals surface area contributed by atoms with E-state index in [1.807, 2.05) is 24.3 Å². The Morgan fingerprint density at radius 1 is 1.39 bits per heavy atom. The Morgan fingerprint density at radius 2 is 2.09 bits per heavy atom. The van der Waals surface area contributed by atoms with E-state index in [1.165, 1.54) is 6.92 Å². The lowest BCUT2D eigenvalue weighted by atomic mass is 10.0. The molecule has 2 amide bonds. The molecule has 1 heterocycles. The topological polar surface area (TPSA) is 59.1 Å². The average molecular weight is 320 g/mol. The fourth-order valence-corrected chi connectivity index (χ4v) is 2.83. The number of likely N-dealkylation sites (N-methyl/N-ethyl adjacent to an activating group) is 1. The van der Waals surface area contributed by atoms with Crippen LogP contribution in [0, 0.1) is 0 Å². The monoisotopic (exact) mass is 320 g/mol. The molecule has 1 saturated heterocycles. The van der Waals surface area contributed by atoms with E-state index in [0.29, 0.717) is 19.7 Å². The van der Waals surface area contributed by atoms with Crippen LogP contribution < -0.4 is 4.74 Å². The Kier molecular flexibility index (Phi) is 5.26. The third kappa shape index (κ3) is 3.82. The Labute approximate surface area is 137 Å². The molecule has 2 rings (SSSR count). The van der Waals surface area contributed by atoms with Crippen LogP contribution in [0.1, 0.15) is 19.4 Å². The van der Waals surface area contributed by atoms with Crippen molar-refractivity contribution in [1.29, 1.82) is 0 Å². The quantitative estimate of drug-likeness (QED) is 0.839. The average Bonchev–Trinajstić information content (AvgIpc) is 2.54. The van der Waals surface area contributed by atoms with Gasteiger partial charge >= 0.3 is 0 Å². The number of para-hydroxylation sites is 1. The molecule has 0 radical (unpaired) electrons. The zero-order valence-electron chi connectivity index (χ0n) is 14.2. The lowest BCUT2D eigenvalue weighted by molar-refractivity contribution is -0.170. The largest absolute Gasteiger partial charge is 0.496 e. The molecule has 6 nitrogen and oxygen atoms in total. The predicted octanol–water partition coefficient (Wildman–Crippen LogP) is 1.29. The highest BCUT2D eigenvalue weighted by Gasteiger charge is 2.41. The molecular formula is C17H24N2O4. The van der Waals surface area contributed by atoms with Crippen molar-refractivity contribution in [2.75, 3.05) is 33.9 Å². The summed E-state index contributed by atoms with van der Waals surface area (Å²) in [4.78, 5) is 27.7. The van der Waals surface area contributed by atoms with Gasteiger partial charge in [0, 0.05) is 32.6 Å². The number of methoxy groups -OCH3 is 1. The molecule has 1 aliphatic heterocycles. The van der Waals surface area contributed by atoms with Gasteiger partial charge in [-0.25, -0.2) is 0 Å². The van der Waals surface area contributed by atoms with E-state index in [2.05, 4.69) is 0 Å². The van der Waals surface area contributed by atoms with Gasteiger partial charge in [-0.3, -0.25) is 9.59 Å². The zero-order valence-corrected chi connectivity index (χ0v) is 14.2. The normalized spacial score (nSPS) is 21.0. The Hall–Kier alpha value is -2.08. The summed E-state index contributed by atoms with van der Waals surface area (Å²) in [6, 6.07) is 7.59. The lowest BCUT2D eigenvalue weighted by Gasteiger charge is -2.40. The van der Waals surface area contributed by atoms with Crippen LogP contribution in [0.3, 0.4) is 0 Å². The van der Waals surface area contributed by atoms with Gasteiger partial charge in [0.2, 0.25) is 5.91 Å². The molecule has 0 aromatic heterocycles. The third-order valence-electron chi connectivity index (χ3n) is 4.12. The van der Waals surface area contributed by atoms with E-state index < -0.39 is 5.60 Å². The van der Waals surface area contributed by atoms with Crippen molar-refractivity contribution in [3.8, 4) is 5.75 Å². The third-order valence-corrected chi connectivity index (χ3v) is 4.12. The molecule has 0 bridgehead atoms. The van der Waals surface area contributed by atoms with Crippen LogP contribution in [-0.4, -0.2) is 61.1 Å². The minimum Gasteiger partial charge on any atom is -0.496 e. The number of amides is 2. The summed E-state index contributed by atoms with van der Waals surface area (Å²) in [5.74, 6) is 0.557. The summed E-state index contributed by atoms with van der Waals surface area (Å²) in [7, 11) is 3.34. The second-order valence-electron chi connectivity index (χ2n) is 5.99. The number of morpholine rings is 1. The molecule has 1 fully saturated rings. The summed E-state index contributed by atoms with van der Waals surface area (Å²) in [5.41, 5.74) is -0.0885. The van der Waals surface area contributed by atoms with Gasteiger partial charge in [-0.15, -0.1) is 0 Å². The minimum absolute atomic E-state index is 0.0419. The molecule has 126 valence electrons. The van der Waals surface area contributed by atoms with Crippen molar-refractivity contribution >= 4 is 11.8 Å². The van der Waals surface area contributed by atoms with Gasteiger partial charge in [-0.1, -0.05) is 18.2 Å². The fraction of sp³-hybridized carbons (Fsp3) is 0.529. The summed E-state index contributed by atoms with van der Waals surface area (Å²) < 4.78 is 11.0. The number of ether oxygens (including phenoxy) is 2. The fourth-order valence-electron chi connectivity index (χ4n) is 2.83. The van der Waals surface area contributed by atoms with Crippen LogP contribution in [0.5, 0.6) is 5.75 Å². The van der Waals surface area contributed by atoms with Crippen molar-refractivity contribution in [2.24, 2.45) is 0 Å². The van der Waals surface area contributed by atoms with Crippen LogP contribution in [-0.2, 0) is 20.9 Å². The molecule has 0 N–H and O–H groups in total. The number of benzene rings is 1. The number of nitrogens with zero attached hydrogens (tertiary/aromatic N) is 2. The van der Waals surface area contributed by atoms with Crippen molar-refractivity contribution < 1.29 is 19.1 Å². The number of hydrogen-bond donors (Lipinski definition) is 0. The van der Waals surface area contributed by atoms with E-state index in [-0.39, 0.29) is 18.4 Å². The first-order valence-electron chi connectivity index (χ1n) is 7.64. The molecule has 0 aliphatic carbocycles. The van der Waals surface area contributed by atoms with E-state index in [0.717, 1.165) is 11.3 Å². The molecular weight excluding hydrogens is 296 g/mol. The summed E-state index contributed by atoms with van der Waals surface area (Å²) in [6.07, 6.45) is 0. The number of carbonyl (C=O) groups excluding carboxylic acids is 2. The van der Waals surface area contributed by atoms with Crippen LogP contribution in [0.15, 0.2) is 24.3 Å². The van der Waals surface area contributed by atoms with Gasteiger partial charge in [0.1, 0.15) is 5.75 Å². The molecule has 1 aromatic carbocycles. The van der Waals surface area contributed by atoms with Gasteiger partial charge in [0.25, 0.3) is 5.91 Å². The maximum absolute atomic E-state index is 12.8. The van der Waals surface area contributed by atoms with E-state index in [1.54, 1.807) is 30.9 Å². The first-order valence-corrected chi connectivity index (χ1v) is 7.64. The SMILES string of the molecule is COc1ccccc1CN(C)C(=O)[C@@]1(C)CN(C(C)=O)CCO1. The van der Waals surface area contributed by atoms with Crippen LogP contribution in [0.4, 0.5) is 0 Å². The first-order chi connectivity index (χ1) is 10.9. The van der Waals surface area contributed by atoms with Gasteiger partial charge in [0.15, 0.2) is 5.60 Å². The first kappa shape index (κ1) is 17.3. The van der Waals surface area contributed by atoms with Gasteiger partial charge in [-0.2, -0.15) is 0 Å². The van der Waals surface area contributed by atoms with E-state index >= 15 is 0 Å². The lowest BCUT2D eigenvalue weighted by Crippen LogP contribution is -2.59. The minimum atomic E-state index is -1.01. The predicted molar refractivity (Wildman–Crippen MR) is 86.1 cm³/mol. The standard InChI is InChI=1S/C17H24N2O4/c1-13(20)19-9-10-23-17(2,12-19)16(21)18(3)11-14-7-5-6-8-15(14)22-4/h5-8H,9-12H2,1-4H3/t17-/m1/s1. The van der Waals surface area contributed by atoms with Crippen molar-refractivity contribution in [3.63, 3.8) is 0 Å². The number of carbonyl (C=O) groups is 2. The van der Waals surface area contributed by atoms with Gasteiger partial charge in [-0.05, 0) is 13.0 Å². The Bertz CT molecular complexity index is 590. The van der Waals surface area contributed by atoms with Crippen LogP contribution >= 0.6 is 0 Å². The van der Waals surface area contributed by atoms with Gasteiger partial charge in [0.05, 0.1) is 20.3 Å². The molecule has 0 spiro atoms. The van der Waals surface area contributed by atoms with Crippen LogP contribution in [0.25, 0.3) is 0 Å². The molecule has 23 heavy (non-hydrogen) atoms. The summed E-state index contributed by atoms with van der Waals surface area (Å²) >= 11 is 0. The zero-order chi connectivity index (χ0) is 17.0. The molecule has 1 atom stereocenters. The van der Waals surface area contributed by atoms with Crippen molar-refractivity contribution in [2.45, 2.75) is 26.0 Å². The highest BCUT2D eigenvalue weighted by molar-refractivity contribution is 5.86. The smallest absolute Gasteiger partial charge is 0.256 e. The maximum atomic E-state index is 12.8. The highest BCUT2D eigenvalue weighted by Crippen LogP contribution is 2.23. The molecule has 1 aliphatic rings.